The maximum atomic E-state index is 2.36. The Balaban J connectivity index is 1.16. The molecule has 0 unspecified atom stereocenters. The first-order chi connectivity index (χ1) is 17.4. The van der Waals surface area contributed by atoms with Gasteiger partial charge in [-0.15, -0.1) is 0 Å². The van der Waals surface area contributed by atoms with E-state index in [1.807, 2.05) is 0 Å². The van der Waals surface area contributed by atoms with Crippen LogP contribution < -0.4 is 17.4 Å². The monoisotopic (exact) mass is 584 g/mol. The molecule has 0 fully saturated rings. The number of hydrogen-bond donors (Lipinski definition) is 0. The van der Waals surface area contributed by atoms with Crippen molar-refractivity contribution < 1.29 is 0 Å². The predicted molar refractivity (Wildman–Crippen MR) is 158 cm³/mol. The third kappa shape index (κ3) is 8.56. The van der Waals surface area contributed by atoms with Gasteiger partial charge in [-0.25, -0.2) is 0 Å². The van der Waals surface area contributed by atoms with Crippen LogP contribution in [0, 0.1) is 0 Å². The van der Waals surface area contributed by atoms with Gasteiger partial charge >= 0.3 is 223 Å². The van der Waals surface area contributed by atoms with E-state index in [-0.39, 0.29) is 0 Å². The molecule has 0 N–H and O–H groups in total. The van der Waals surface area contributed by atoms with Crippen LogP contribution in [-0.4, -0.2) is 29.3 Å². The third-order valence-corrected chi connectivity index (χ3v) is 17.5. The molecule has 0 bridgehead atoms. The summed E-state index contributed by atoms with van der Waals surface area (Å²) in [5.41, 5.74) is 0. The van der Waals surface area contributed by atoms with Crippen molar-refractivity contribution in [2.45, 2.75) is 55.4 Å². The molecule has 4 aromatic carbocycles. The van der Waals surface area contributed by atoms with Crippen LogP contribution in [-0.2, 0) is 0 Å². The molecule has 0 nitrogen and oxygen atoms in total. The second-order valence-corrected chi connectivity index (χ2v) is 18.9. The van der Waals surface area contributed by atoms with Gasteiger partial charge in [-0.2, -0.15) is 0 Å². The fourth-order valence-electron chi connectivity index (χ4n) is 4.67. The van der Waals surface area contributed by atoms with Crippen molar-refractivity contribution in [3.8, 4) is 0 Å². The SMILES string of the molecule is c1ccc([As](CCCCCCCCC[As](c2ccccc2)c2ccccc2)c2ccccc2)cc1. The fourth-order valence-corrected chi connectivity index (χ4v) is 14.8. The minimum absolute atomic E-state index is 1.17. The topological polar surface area (TPSA) is 0 Å². The van der Waals surface area contributed by atoms with Gasteiger partial charge in [-0.1, -0.05) is 0 Å². The van der Waals surface area contributed by atoms with Crippen molar-refractivity contribution in [1.29, 1.82) is 0 Å². The molecule has 2 heteroatoms. The molecule has 0 amide bonds. The van der Waals surface area contributed by atoms with Crippen molar-refractivity contribution in [1.82, 2.24) is 0 Å². The van der Waals surface area contributed by atoms with Gasteiger partial charge in [-0.3, -0.25) is 0 Å². The van der Waals surface area contributed by atoms with E-state index in [1.165, 1.54) is 55.4 Å². The normalized spacial score (nSPS) is 11.3. The molecule has 0 aliphatic carbocycles. The van der Waals surface area contributed by atoms with Crippen LogP contribution in [0.3, 0.4) is 0 Å². The van der Waals surface area contributed by atoms with E-state index in [4.69, 9.17) is 0 Å². The number of unbranched alkanes of at least 4 members (excludes halogenated alkanes) is 6. The maximum absolute atomic E-state index is 2.36. The van der Waals surface area contributed by atoms with Gasteiger partial charge in [0.05, 0.1) is 0 Å². The third-order valence-electron chi connectivity index (χ3n) is 6.53. The summed E-state index contributed by atoms with van der Waals surface area (Å²) in [4.78, 5) is 0. The molecule has 4 rings (SSSR count). The summed E-state index contributed by atoms with van der Waals surface area (Å²) in [6.07, 6.45) is 9.71. The Morgan fingerprint density at radius 1 is 0.286 bits per heavy atom. The van der Waals surface area contributed by atoms with Crippen molar-refractivity contribution >= 4 is 46.7 Å². The van der Waals surface area contributed by atoms with E-state index in [0.717, 1.165) is 0 Å². The van der Waals surface area contributed by atoms with E-state index < -0.39 is 29.3 Å². The van der Waals surface area contributed by atoms with Crippen LogP contribution in [0.15, 0.2) is 121 Å². The first kappa shape index (κ1) is 26.1. The van der Waals surface area contributed by atoms with Gasteiger partial charge in [0, 0.05) is 0 Å². The summed E-state index contributed by atoms with van der Waals surface area (Å²) in [6.45, 7) is 0. The summed E-state index contributed by atoms with van der Waals surface area (Å²) in [5.74, 6) is 0. The Morgan fingerprint density at radius 2 is 0.514 bits per heavy atom. The molecule has 0 aromatic heterocycles. The summed E-state index contributed by atoms with van der Waals surface area (Å²) < 4.78 is 6.40. The van der Waals surface area contributed by atoms with Gasteiger partial charge in [-0.05, 0) is 0 Å². The summed E-state index contributed by atoms with van der Waals surface area (Å²) in [6, 6.07) is 45.1. The molecular formula is C33H38As2. The molecular weight excluding hydrogens is 546 g/mol. The summed E-state index contributed by atoms with van der Waals surface area (Å²) in [5, 5.41) is 2.78. The minimum atomic E-state index is -1.17. The van der Waals surface area contributed by atoms with E-state index in [1.54, 1.807) is 17.4 Å². The van der Waals surface area contributed by atoms with E-state index in [2.05, 4.69) is 121 Å². The molecule has 0 heterocycles. The number of rotatable bonds is 14. The van der Waals surface area contributed by atoms with Crippen LogP contribution >= 0.6 is 0 Å². The Bertz CT molecular complexity index is 897. The molecule has 4 aromatic rings. The summed E-state index contributed by atoms with van der Waals surface area (Å²) >= 11 is -2.34. The number of benzene rings is 4. The fraction of sp³-hybridized carbons (Fsp3) is 0.273. The Morgan fingerprint density at radius 3 is 0.771 bits per heavy atom. The predicted octanol–water partition coefficient (Wildman–Crippen LogP) is 6.34. The van der Waals surface area contributed by atoms with Crippen molar-refractivity contribution in [3.05, 3.63) is 121 Å². The summed E-state index contributed by atoms with van der Waals surface area (Å²) in [7, 11) is 0. The van der Waals surface area contributed by atoms with Crippen LogP contribution in [0.4, 0.5) is 0 Å². The Labute approximate surface area is 222 Å². The molecule has 0 atom stereocenters. The molecule has 0 aliphatic heterocycles. The zero-order valence-electron chi connectivity index (χ0n) is 20.8. The molecule has 0 radical (unpaired) electrons. The van der Waals surface area contributed by atoms with Crippen LogP contribution in [0.2, 0.25) is 10.4 Å². The Hall–Kier alpha value is -2.00. The molecule has 0 saturated carbocycles. The van der Waals surface area contributed by atoms with Crippen molar-refractivity contribution in [2.24, 2.45) is 0 Å². The number of hydrogen-bond acceptors (Lipinski definition) is 0. The van der Waals surface area contributed by atoms with Crippen molar-refractivity contribution in [2.75, 3.05) is 0 Å². The zero-order valence-corrected chi connectivity index (χ0v) is 24.6. The van der Waals surface area contributed by atoms with E-state index >= 15 is 0 Å². The first-order valence-corrected chi connectivity index (χ1v) is 19.6. The zero-order chi connectivity index (χ0) is 24.0. The van der Waals surface area contributed by atoms with Gasteiger partial charge in [0.15, 0.2) is 0 Å². The first-order valence-electron chi connectivity index (χ1n) is 13.2. The van der Waals surface area contributed by atoms with Crippen molar-refractivity contribution in [3.63, 3.8) is 0 Å². The molecule has 180 valence electrons. The van der Waals surface area contributed by atoms with Gasteiger partial charge < -0.3 is 0 Å². The standard InChI is InChI=1S/C33H38As2/c1(2-4-18-28-34(30-20-10-6-11-21-30)31-22-12-7-13-23-31)3-5-19-29-35(32-24-14-8-15-25-32)33-26-16-9-17-27-33/h6-17,20-27H,1-5,18-19,28-29H2. The average Bonchev–Trinajstić information content (AvgIpc) is 2.94. The van der Waals surface area contributed by atoms with Gasteiger partial charge in [0.1, 0.15) is 0 Å². The van der Waals surface area contributed by atoms with Gasteiger partial charge in [0.2, 0.25) is 0 Å². The molecule has 35 heavy (non-hydrogen) atoms. The average molecular weight is 585 g/mol. The molecule has 0 spiro atoms. The van der Waals surface area contributed by atoms with Gasteiger partial charge in [0.25, 0.3) is 0 Å². The van der Waals surface area contributed by atoms with E-state index in [0.29, 0.717) is 0 Å². The quantitative estimate of drug-likeness (QED) is 0.120. The molecule has 0 aliphatic rings. The van der Waals surface area contributed by atoms with Crippen LogP contribution in [0.5, 0.6) is 0 Å². The van der Waals surface area contributed by atoms with Crippen LogP contribution in [0.1, 0.15) is 44.9 Å². The second kappa shape index (κ2) is 15.2. The Kier molecular flexibility index (Phi) is 11.3. The van der Waals surface area contributed by atoms with E-state index in [9.17, 15) is 0 Å². The molecule has 0 saturated heterocycles. The second-order valence-electron chi connectivity index (χ2n) is 9.12. The van der Waals surface area contributed by atoms with Crippen LogP contribution in [0.25, 0.3) is 0 Å².